The molecule has 0 saturated carbocycles. The lowest BCUT2D eigenvalue weighted by Gasteiger charge is -2.13. The number of benzene rings is 2. The second-order valence-electron chi connectivity index (χ2n) is 6.59. The summed E-state index contributed by atoms with van der Waals surface area (Å²) in [6, 6.07) is 11.0. The summed E-state index contributed by atoms with van der Waals surface area (Å²) < 4.78 is 26.7. The third-order valence-electron chi connectivity index (χ3n) is 4.49. The normalized spacial score (nSPS) is 12.2. The molecule has 8 heteroatoms. The fourth-order valence-corrected chi connectivity index (χ4v) is 2.91. The van der Waals surface area contributed by atoms with Crippen LogP contribution in [0.5, 0.6) is 11.5 Å². The van der Waals surface area contributed by atoms with E-state index in [1.54, 1.807) is 25.1 Å². The van der Waals surface area contributed by atoms with Crippen molar-refractivity contribution >= 4 is 16.9 Å². The SMILES string of the molecule is CCOCCn1c(CN[C@@H](C)C(N)=O)nc2ccc(Oc3cccc(F)c3)cc21. The van der Waals surface area contributed by atoms with Crippen LogP contribution < -0.4 is 15.8 Å². The summed E-state index contributed by atoms with van der Waals surface area (Å²) in [7, 11) is 0. The number of carbonyl (C=O) groups is 1. The average Bonchev–Trinajstić information content (AvgIpc) is 3.03. The highest BCUT2D eigenvalue weighted by Crippen LogP contribution is 2.27. The van der Waals surface area contributed by atoms with E-state index in [1.165, 1.54) is 12.1 Å². The van der Waals surface area contributed by atoms with Gasteiger partial charge >= 0.3 is 0 Å². The molecular weight excluding hydrogens is 375 g/mol. The van der Waals surface area contributed by atoms with Crippen LogP contribution in [-0.2, 0) is 22.6 Å². The van der Waals surface area contributed by atoms with Gasteiger partial charge in [0.1, 0.15) is 23.1 Å². The molecule has 0 unspecified atom stereocenters. The number of primary amides is 1. The molecule has 29 heavy (non-hydrogen) atoms. The lowest BCUT2D eigenvalue weighted by molar-refractivity contribution is -0.119. The van der Waals surface area contributed by atoms with Crippen LogP contribution in [0.2, 0.25) is 0 Å². The number of imidazole rings is 1. The summed E-state index contributed by atoms with van der Waals surface area (Å²) >= 11 is 0. The predicted octanol–water partition coefficient (Wildman–Crippen LogP) is 2.97. The first-order valence-electron chi connectivity index (χ1n) is 9.51. The average molecular weight is 400 g/mol. The minimum absolute atomic E-state index is 0.359. The third-order valence-corrected chi connectivity index (χ3v) is 4.49. The van der Waals surface area contributed by atoms with Gasteiger partial charge in [-0.15, -0.1) is 0 Å². The predicted molar refractivity (Wildman–Crippen MR) is 108 cm³/mol. The van der Waals surface area contributed by atoms with Crippen molar-refractivity contribution in [2.24, 2.45) is 5.73 Å². The van der Waals surface area contributed by atoms with E-state index in [1.807, 2.05) is 23.6 Å². The molecular formula is C21H25FN4O3. The molecule has 0 radical (unpaired) electrons. The first-order chi connectivity index (χ1) is 14.0. The van der Waals surface area contributed by atoms with Crippen molar-refractivity contribution in [3.05, 3.63) is 54.1 Å². The zero-order valence-electron chi connectivity index (χ0n) is 16.5. The number of nitrogens with one attached hydrogen (secondary N) is 1. The van der Waals surface area contributed by atoms with Crippen molar-refractivity contribution in [2.75, 3.05) is 13.2 Å². The molecule has 0 fully saturated rings. The molecule has 0 aliphatic rings. The molecule has 2 aromatic carbocycles. The zero-order valence-corrected chi connectivity index (χ0v) is 16.5. The quantitative estimate of drug-likeness (QED) is 0.511. The molecule has 1 aromatic heterocycles. The van der Waals surface area contributed by atoms with Crippen molar-refractivity contribution in [3.63, 3.8) is 0 Å². The third kappa shape index (κ3) is 5.30. The molecule has 3 N–H and O–H groups in total. The number of halogens is 1. The molecule has 3 rings (SSSR count). The molecule has 7 nitrogen and oxygen atoms in total. The Balaban J connectivity index is 1.89. The number of amides is 1. The van der Waals surface area contributed by atoms with Crippen LogP contribution >= 0.6 is 0 Å². The van der Waals surface area contributed by atoms with Gasteiger partial charge in [-0.1, -0.05) is 6.07 Å². The number of aromatic nitrogens is 2. The van der Waals surface area contributed by atoms with Crippen LogP contribution in [0.3, 0.4) is 0 Å². The highest BCUT2D eigenvalue weighted by atomic mass is 19.1. The van der Waals surface area contributed by atoms with Gasteiger partial charge in [0.2, 0.25) is 5.91 Å². The second kappa shape index (κ2) is 9.49. The second-order valence-corrected chi connectivity index (χ2v) is 6.59. The molecule has 1 amide bonds. The van der Waals surface area contributed by atoms with Crippen LogP contribution in [-0.4, -0.2) is 34.7 Å². The number of hydrogen-bond acceptors (Lipinski definition) is 5. The highest BCUT2D eigenvalue weighted by Gasteiger charge is 2.14. The van der Waals surface area contributed by atoms with Gasteiger partial charge in [-0.3, -0.25) is 10.1 Å². The molecule has 154 valence electrons. The molecule has 0 aliphatic heterocycles. The standard InChI is InChI=1S/C21H25FN4O3/c1-3-28-10-9-26-19-12-17(29-16-6-4-5-15(22)11-16)7-8-18(19)25-20(26)13-24-14(2)21(23)27/h4-8,11-12,14,24H,3,9-10,13H2,1-2H3,(H2,23,27)/t14-/m0/s1. The van der Waals surface area contributed by atoms with Crippen LogP contribution in [0, 0.1) is 5.82 Å². The fourth-order valence-electron chi connectivity index (χ4n) is 2.91. The lowest BCUT2D eigenvalue weighted by Crippen LogP contribution is -2.38. The fraction of sp³-hybridized carbons (Fsp3) is 0.333. The topological polar surface area (TPSA) is 91.4 Å². The number of carbonyl (C=O) groups excluding carboxylic acids is 1. The Morgan fingerprint density at radius 2 is 2.07 bits per heavy atom. The van der Waals surface area contributed by atoms with Gasteiger partial charge in [0.15, 0.2) is 0 Å². The summed E-state index contributed by atoms with van der Waals surface area (Å²) in [5.41, 5.74) is 6.98. The van der Waals surface area contributed by atoms with Crippen molar-refractivity contribution in [1.82, 2.24) is 14.9 Å². The number of nitrogens with zero attached hydrogens (tertiary/aromatic N) is 2. The van der Waals surface area contributed by atoms with E-state index >= 15 is 0 Å². The molecule has 1 heterocycles. The largest absolute Gasteiger partial charge is 0.457 e. The first-order valence-corrected chi connectivity index (χ1v) is 9.51. The summed E-state index contributed by atoms with van der Waals surface area (Å²) in [4.78, 5) is 16.0. The van der Waals surface area contributed by atoms with Gasteiger partial charge in [0.25, 0.3) is 0 Å². The van der Waals surface area contributed by atoms with Crippen LogP contribution in [0.4, 0.5) is 4.39 Å². The van der Waals surface area contributed by atoms with Gasteiger partial charge in [0.05, 0.1) is 30.2 Å². The Kier molecular flexibility index (Phi) is 6.79. The van der Waals surface area contributed by atoms with Gasteiger partial charge < -0.3 is 19.8 Å². The van der Waals surface area contributed by atoms with E-state index in [2.05, 4.69) is 10.3 Å². The molecule has 1 atom stereocenters. The van der Waals surface area contributed by atoms with Crippen molar-refractivity contribution in [2.45, 2.75) is 33.0 Å². The van der Waals surface area contributed by atoms with Crippen LogP contribution in [0.1, 0.15) is 19.7 Å². The Labute approximate surface area is 168 Å². The van der Waals surface area contributed by atoms with Crippen LogP contribution in [0.25, 0.3) is 11.0 Å². The lowest BCUT2D eigenvalue weighted by atomic mass is 10.3. The van der Waals surface area contributed by atoms with Crippen molar-refractivity contribution < 1.29 is 18.7 Å². The van der Waals surface area contributed by atoms with E-state index in [9.17, 15) is 9.18 Å². The molecule has 3 aromatic rings. The van der Waals surface area contributed by atoms with Gasteiger partial charge in [-0.05, 0) is 38.1 Å². The maximum absolute atomic E-state index is 13.4. The van der Waals surface area contributed by atoms with Crippen molar-refractivity contribution in [1.29, 1.82) is 0 Å². The maximum atomic E-state index is 13.4. The van der Waals surface area contributed by atoms with E-state index < -0.39 is 11.9 Å². The molecule has 0 bridgehead atoms. The van der Waals surface area contributed by atoms with Gasteiger partial charge in [-0.25, -0.2) is 9.37 Å². The summed E-state index contributed by atoms with van der Waals surface area (Å²) in [6.07, 6.45) is 0. The Bertz CT molecular complexity index is 989. The van der Waals surface area contributed by atoms with Crippen LogP contribution in [0.15, 0.2) is 42.5 Å². The Morgan fingerprint density at radius 3 is 2.79 bits per heavy atom. The highest BCUT2D eigenvalue weighted by molar-refractivity contribution is 5.79. The van der Waals surface area contributed by atoms with Gasteiger partial charge in [0, 0.05) is 25.3 Å². The smallest absolute Gasteiger partial charge is 0.234 e. The number of rotatable bonds is 10. The monoisotopic (exact) mass is 400 g/mol. The number of hydrogen-bond donors (Lipinski definition) is 2. The number of fused-ring (bicyclic) bond motifs is 1. The number of ether oxygens (including phenoxy) is 2. The first kappa shape index (κ1) is 20.8. The minimum atomic E-state index is -0.470. The maximum Gasteiger partial charge on any atom is 0.234 e. The summed E-state index contributed by atoms with van der Waals surface area (Å²) in [6.45, 7) is 5.76. The Hall–Kier alpha value is -2.97. The minimum Gasteiger partial charge on any atom is -0.457 e. The molecule has 0 spiro atoms. The summed E-state index contributed by atoms with van der Waals surface area (Å²) in [5.74, 6) is 0.971. The molecule has 0 saturated heterocycles. The summed E-state index contributed by atoms with van der Waals surface area (Å²) in [5, 5.41) is 3.08. The Morgan fingerprint density at radius 1 is 1.28 bits per heavy atom. The van der Waals surface area contributed by atoms with E-state index in [4.69, 9.17) is 15.2 Å². The van der Waals surface area contributed by atoms with Gasteiger partial charge in [-0.2, -0.15) is 0 Å². The number of nitrogens with two attached hydrogens (primary N) is 1. The van der Waals surface area contributed by atoms with E-state index in [-0.39, 0.29) is 5.82 Å². The van der Waals surface area contributed by atoms with E-state index in [0.717, 1.165) is 16.9 Å². The zero-order chi connectivity index (χ0) is 20.8. The van der Waals surface area contributed by atoms with Crippen molar-refractivity contribution in [3.8, 4) is 11.5 Å². The van der Waals surface area contributed by atoms with E-state index in [0.29, 0.717) is 37.8 Å². The molecule has 0 aliphatic carbocycles.